The Labute approximate surface area is 117 Å². The number of carbonyl (C=O) groups is 2. The number of aliphatic hydroxyl groups is 1. The first-order chi connectivity index (χ1) is 9.81. The van der Waals surface area contributed by atoms with Crippen molar-refractivity contribution in [2.24, 2.45) is 0 Å². The van der Waals surface area contributed by atoms with Crippen molar-refractivity contribution in [1.82, 2.24) is 5.32 Å². The number of nitro benzene ring substituents is 1. The standard InChI is InChI=1S/C11H12FN3O6/c12-7-2-1-6(15(20)21)5-8(7)14-11(19)13-4-3-9(16)10(17)18/h1-2,5,9,16H,3-4H2,(H,17,18)(H2,13,14,19)/t9-/m0/s1. The molecule has 9 nitrogen and oxygen atoms in total. The van der Waals surface area contributed by atoms with Crippen LogP contribution in [0.3, 0.4) is 0 Å². The van der Waals surface area contributed by atoms with Crippen LogP contribution in [0.25, 0.3) is 0 Å². The van der Waals surface area contributed by atoms with Crippen molar-refractivity contribution < 1.29 is 29.1 Å². The number of rotatable bonds is 6. The SMILES string of the molecule is O=C(NCC[C@H](O)C(=O)O)Nc1cc([N+](=O)[O-])ccc1F. The smallest absolute Gasteiger partial charge is 0.332 e. The van der Waals surface area contributed by atoms with Crippen LogP contribution in [-0.2, 0) is 4.79 Å². The summed E-state index contributed by atoms with van der Waals surface area (Å²) in [5.74, 6) is -2.29. The lowest BCUT2D eigenvalue weighted by Crippen LogP contribution is -2.33. The fraction of sp³-hybridized carbons (Fsp3) is 0.273. The van der Waals surface area contributed by atoms with Gasteiger partial charge in [-0.15, -0.1) is 0 Å². The van der Waals surface area contributed by atoms with Crippen molar-refractivity contribution in [3.8, 4) is 0 Å². The summed E-state index contributed by atoms with van der Waals surface area (Å²) in [5.41, 5.74) is -0.784. The Morgan fingerprint density at radius 3 is 2.67 bits per heavy atom. The third-order valence-electron chi connectivity index (χ3n) is 2.40. The van der Waals surface area contributed by atoms with Crippen molar-refractivity contribution in [1.29, 1.82) is 0 Å². The number of hydrogen-bond acceptors (Lipinski definition) is 5. The summed E-state index contributed by atoms with van der Waals surface area (Å²) < 4.78 is 13.4. The van der Waals surface area contributed by atoms with E-state index in [-0.39, 0.29) is 18.7 Å². The normalized spacial score (nSPS) is 11.5. The molecule has 0 aliphatic heterocycles. The van der Waals surface area contributed by atoms with Crippen LogP contribution >= 0.6 is 0 Å². The second-order valence-corrected chi connectivity index (χ2v) is 3.94. The van der Waals surface area contributed by atoms with Gasteiger partial charge < -0.3 is 20.8 Å². The van der Waals surface area contributed by atoms with Crippen LogP contribution in [-0.4, -0.2) is 39.8 Å². The van der Waals surface area contributed by atoms with Gasteiger partial charge in [0.2, 0.25) is 0 Å². The average Bonchev–Trinajstić information content (AvgIpc) is 2.40. The summed E-state index contributed by atoms with van der Waals surface area (Å²) in [6.45, 7) is -0.171. The molecule has 0 unspecified atom stereocenters. The molecular weight excluding hydrogens is 289 g/mol. The van der Waals surface area contributed by atoms with Gasteiger partial charge in [0.1, 0.15) is 5.82 Å². The highest BCUT2D eigenvalue weighted by Gasteiger charge is 2.15. The molecule has 1 rings (SSSR count). The molecule has 2 amide bonds. The van der Waals surface area contributed by atoms with Crippen LogP contribution in [0, 0.1) is 15.9 Å². The lowest BCUT2D eigenvalue weighted by Gasteiger charge is -2.09. The van der Waals surface area contributed by atoms with Gasteiger partial charge in [-0.1, -0.05) is 0 Å². The number of carboxylic acid groups (broad SMARTS) is 1. The molecule has 21 heavy (non-hydrogen) atoms. The number of halogens is 1. The number of anilines is 1. The van der Waals surface area contributed by atoms with Gasteiger partial charge in [-0.2, -0.15) is 0 Å². The van der Waals surface area contributed by atoms with E-state index in [1.807, 2.05) is 5.32 Å². The third-order valence-corrected chi connectivity index (χ3v) is 2.40. The zero-order chi connectivity index (χ0) is 16.0. The lowest BCUT2D eigenvalue weighted by molar-refractivity contribution is -0.384. The Hall–Kier alpha value is -2.75. The van der Waals surface area contributed by atoms with Gasteiger partial charge in [-0.05, 0) is 6.07 Å². The topological polar surface area (TPSA) is 142 Å². The summed E-state index contributed by atoms with van der Waals surface area (Å²) in [4.78, 5) is 31.5. The Kier molecular flexibility index (Phi) is 5.55. The van der Waals surface area contributed by atoms with E-state index in [2.05, 4.69) is 5.32 Å². The molecule has 114 valence electrons. The van der Waals surface area contributed by atoms with Crippen LogP contribution < -0.4 is 10.6 Å². The second-order valence-electron chi connectivity index (χ2n) is 3.94. The van der Waals surface area contributed by atoms with Crippen molar-refractivity contribution in [2.75, 3.05) is 11.9 Å². The highest BCUT2D eigenvalue weighted by atomic mass is 19.1. The number of nitro groups is 1. The van der Waals surface area contributed by atoms with E-state index in [0.29, 0.717) is 0 Å². The third kappa shape index (κ3) is 5.03. The summed E-state index contributed by atoms with van der Waals surface area (Å²) in [7, 11) is 0. The van der Waals surface area contributed by atoms with Gasteiger partial charge >= 0.3 is 12.0 Å². The van der Waals surface area contributed by atoms with E-state index in [4.69, 9.17) is 10.2 Å². The molecule has 0 aromatic heterocycles. The van der Waals surface area contributed by atoms with Crippen LogP contribution in [0.2, 0.25) is 0 Å². The maximum Gasteiger partial charge on any atom is 0.332 e. The van der Waals surface area contributed by atoms with Gasteiger partial charge in [0.15, 0.2) is 6.10 Å². The minimum Gasteiger partial charge on any atom is -0.479 e. The highest BCUT2D eigenvalue weighted by Crippen LogP contribution is 2.20. The van der Waals surface area contributed by atoms with Crippen LogP contribution in [0.15, 0.2) is 18.2 Å². The number of benzene rings is 1. The molecule has 0 bridgehead atoms. The van der Waals surface area contributed by atoms with E-state index in [0.717, 1.165) is 18.2 Å². The van der Waals surface area contributed by atoms with Gasteiger partial charge in [-0.25, -0.2) is 14.0 Å². The van der Waals surface area contributed by atoms with E-state index < -0.39 is 34.5 Å². The molecule has 0 saturated carbocycles. The van der Waals surface area contributed by atoms with Gasteiger partial charge in [-0.3, -0.25) is 10.1 Å². The number of non-ortho nitro benzene ring substituents is 1. The van der Waals surface area contributed by atoms with E-state index in [1.54, 1.807) is 0 Å². The van der Waals surface area contributed by atoms with Crippen molar-refractivity contribution in [3.05, 3.63) is 34.1 Å². The first-order valence-electron chi connectivity index (χ1n) is 5.71. The molecule has 0 aliphatic carbocycles. The monoisotopic (exact) mass is 301 g/mol. The first-order valence-corrected chi connectivity index (χ1v) is 5.71. The Morgan fingerprint density at radius 2 is 2.10 bits per heavy atom. The zero-order valence-electron chi connectivity index (χ0n) is 10.6. The Bertz CT molecular complexity index is 565. The summed E-state index contributed by atoms with van der Waals surface area (Å²) in [5, 5.41) is 32.1. The molecule has 1 aromatic rings. The molecule has 10 heteroatoms. The van der Waals surface area contributed by atoms with Gasteiger partial charge in [0, 0.05) is 25.1 Å². The van der Waals surface area contributed by atoms with Crippen LogP contribution in [0.4, 0.5) is 20.6 Å². The average molecular weight is 301 g/mol. The number of nitrogens with zero attached hydrogens (tertiary/aromatic N) is 1. The largest absolute Gasteiger partial charge is 0.479 e. The lowest BCUT2D eigenvalue weighted by atomic mass is 10.2. The van der Waals surface area contributed by atoms with Crippen LogP contribution in [0.5, 0.6) is 0 Å². The Balaban J connectivity index is 2.57. The summed E-state index contributed by atoms with van der Waals surface area (Å²) in [6, 6.07) is 1.75. The van der Waals surface area contributed by atoms with Crippen LogP contribution in [0.1, 0.15) is 6.42 Å². The quantitative estimate of drug-likeness (QED) is 0.450. The number of amides is 2. The number of aliphatic hydroxyl groups excluding tert-OH is 1. The molecule has 0 fully saturated rings. The summed E-state index contributed by atoms with van der Waals surface area (Å²) in [6.07, 6.45) is -1.86. The maximum absolute atomic E-state index is 13.4. The number of carbonyl (C=O) groups excluding carboxylic acids is 1. The molecule has 1 aromatic carbocycles. The summed E-state index contributed by atoms with van der Waals surface area (Å²) >= 11 is 0. The fourth-order valence-electron chi connectivity index (χ4n) is 1.34. The second kappa shape index (κ2) is 7.14. The Morgan fingerprint density at radius 1 is 1.43 bits per heavy atom. The zero-order valence-corrected chi connectivity index (χ0v) is 10.6. The van der Waals surface area contributed by atoms with E-state index in [9.17, 15) is 24.1 Å². The predicted octanol–water partition coefficient (Wildman–Crippen LogP) is 0.691. The number of hydrogen-bond donors (Lipinski definition) is 4. The van der Waals surface area contributed by atoms with E-state index >= 15 is 0 Å². The van der Waals surface area contributed by atoms with Crippen molar-refractivity contribution >= 4 is 23.4 Å². The molecule has 4 N–H and O–H groups in total. The fourth-order valence-corrected chi connectivity index (χ4v) is 1.34. The first kappa shape index (κ1) is 16.3. The molecule has 1 atom stereocenters. The minimum atomic E-state index is -1.63. The molecule has 0 saturated heterocycles. The maximum atomic E-state index is 13.4. The molecule has 0 radical (unpaired) electrons. The van der Waals surface area contributed by atoms with Crippen molar-refractivity contribution in [3.63, 3.8) is 0 Å². The number of aliphatic carboxylic acids is 1. The van der Waals surface area contributed by atoms with Gasteiger partial charge in [0.25, 0.3) is 5.69 Å². The highest BCUT2D eigenvalue weighted by molar-refractivity contribution is 5.89. The predicted molar refractivity (Wildman–Crippen MR) is 68.3 cm³/mol. The number of urea groups is 1. The molecular formula is C11H12FN3O6. The van der Waals surface area contributed by atoms with Crippen molar-refractivity contribution in [2.45, 2.75) is 12.5 Å². The number of carboxylic acids is 1. The minimum absolute atomic E-state index is 0.171. The van der Waals surface area contributed by atoms with E-state index in [1.165, 1.54) is 0 Å². The molecule has 0 aliphatic rings. The number of nitrogens with one attached hydrogen (secondary N) is 2. The molecule has 0 heterocycles. The van der Waals surface area contributed by atoms with Gasteiger partial charge in [0.05, 0.1) is 10.6 Å². The molecule has 0 spiro atoms.